The van der Waals surface area contributed by atoms with Crippen molar-refractivity contribution in [1.82, 2.24) is 19.8 Å². The van der Waals surface area contributed by atoms with Crippen molar-refractivity contribution in [3.8, 4) is 5.75 Å². The fraction of sp³-hybridized carbons (Fsp3) is 0.500. The number of nitrogens with zero attached hydrogens (tertiary/aromatic N) is 3. The molecule has 0 radical (unpaired) electrons. The van der Waals surface area contributed by atoms with E-state index in [9.17, 15) is 9.59 Å². The molecule has 1 N–H and O–H groups in total. The number of ether oxygens (including phenoxy) is 3. The van der Waals surface area contributed by atoms with Gasteiger partial charge in [0.1, 0.15) is 23.8 Å². The Morgan fingerprint density at radius 3 is 2.84 bits per heavy atom. The Kier molecular flexibility index (Phi) is 6.24. The van der Waals surface area contributed by atoms with Crippen LogP contribution in [0.5, 0.6) is 5.75 Å². The van der Waals surface area contributed by atoms with Gasteiger partial charge in [-0.2, -0.15) is 0 Å². The van der Waals surface area contributed by atoms with Crippen LogP contribution >= 0.6 is 0 Å². The molecule has 3 heterocycles. The zero-order chi connectivity index (χ0) is 21.8. The van der Waals surface area contributed by atoms with E-state index in [2.05, 4.69) is 10.3 Å². The molecule has 9 nitrogen and oxygen atoms in total. The number of nitrogens with one attached hydrogen (secondary N) is 1. The summed E-state index contributed by atoms with van der Waals surface area (Å²) in [6, 6.07) is 7.59. The molecular weight excluding hydrogens is 400 g/mol. The average molecular weight is 428 g/mol. The van der Waals surface area contributed by atoms with E-state index in [0.717, 1.165) is 17.1 Å². The average Bonchev–Trinajstić information content (AvgIpc) is 3.28. The predicted molar refractivity (Wildman–Crippen MR) is 111 cm³/mol. The highest BCUT2D eigenvalue weighted by atomic mass is 16.5. The smallest absolute Gasteiger partial charge is 0.251 e. The third-order valence-corrected chi connectivity index (χ3v) is 5.94. The molecule has 9 heteroatoms. The van der Waals surface area contributed by atoms with E-state index in [1.54, 1.807) is 18.2 Å². The lowest BCUT2D eigenvalue weighted by Gasteiger charge is -2.45. The van der Waals surface area contributed by atoms with E-state index in [1.165, 1.54) is 7.11 Å². The zero-order valence-electron chi connectivity index (χ0n) is 17.9. The van der Waals surface area contributed by atoms with Crippen LogP contribution in [0.15, 0.2) is 36.7 Å². The summed E-state index contributed by atoms with van der Waals surface area (Å²) in [5, 5.41) is 2.97. The lowest BCUT2D eigenvalue weighted by Crippen LogP contribution is -2.55. The van der Waals surface area contributed by atoms with Crippen molar-refractivity contribution in [1.29, 1.82) is 0 Å². The van der Waals surface area contributed by atoms with Gasteiger partial charge in [0.15, 0.2) is 6.10 Å². The summed E-state index contributed by atoms with van der Waals surface area (Å²) < 4.78 is 18.6. The minimum atomic E-state index is -0.677. The molecule has 1 atom stereocenters. The van der Waals surface area contributed by atoms with Crippen LogP contribution in [-0.4, -0.2) is 66.3 Å². The van der Waals surface area contributed by atoms with Gasteiger partial charge in [-0.05, 0) is 17.7 Å². The van der Waals surface area contributed by atoms with E-state index < -0.39 is 11.7 Å². The van der Waals surface area contributed by atoms with Gasteiger partial charge < -0.3 is 29.0 Å². The van der Waals surface area contributed by atoms with Crippen molar-refractivity contribution >= 4 is 11.8 Å². The maximum atomic E-state index is 13.0. The number of methoxy groups -OCH3 is 2. The fourth-order valence-corrected chi connectivity index (χ4v) is 4.29. The van der Waals surface area contributed by atoms with Crippen LogP contribution in [0.3, 0.4) is 0 Å². The summed E-state index contributed by atoms with van der Waals surface area (Å²) in [6.07, 6.45) is 4.15. The number of piperidine rings is 1. The molecule has 2 aliphatic heterocycles. The molecule has 0 aliphatic carbocycles. The van der Waals surface area contributed by atoms with Crippen molar-refractivity contribution in [2.24, 2.45) is 0 Å². The molecule has 2 aromatic rings. The van der Waals surface area contributed by atoms with E-state index in [0.29, 0.717) is 39.0 Å². The number of likely N-dealkylation sites (tertiary alicyclic amines) is 1. The topological polar surface area (TPSA) is 94.9 Å². The molecule has 0 bridgehead atoms. The summed E-state index contributed by atoms with van der Waals surface area (Å²) in [6.45, 7) is 1.94. The number of carbonyl (C=O) groups is 2. The first-order valence-corrected chi connectivity index (χ1v) is 10.4. The number of rotatable bonds is 6. The molecular formula is C22H28N4O5. The van der Waals surface area contributed by atoms with Gasteiger partial charge in [0.05, 0.1) is 13.7 Å². The van der Waals surface area contributed by atoms with Gasteiger partial charge in [0, 0.05) is 52.0 Å². The first-order chi connectivity index (χ1) is 15.0. The number of imidazole rings is 1. The number of hydrogen-bond donors (Lipinski definition) is 1. The van der Waals surface area contributed by atoms with Crippen molar-refractivity contribution in [3.05, 3.63) is 48.0 Å². The van der Waals surface area contributed by atoms with Gasteiger partial charge in [0.25, 0.3) is 5.91 Å². The highest BCUT2D eigenvalue weighted by Crippen LogP contribution is 2.40. The molecule has 166 valence electrons. The highest BCUT2D eigenvalue weighted by Gasteiger charge is 2.47. The number of hydrogen-bond acceptors (Lipinski definition) is 6. The van der Waals surface area contributed by atoms with Gasteiger partial charge in [-0.1, -0.05) is 12.1 Å². The fourth-order valence-electron chi connectivity index (χ4n) is 4.29. The number of fused-ring (bicyclic) bond motifs is 2. The lowest BCUT2D eigenvalue weighted by molar-refractivity contribution is -0.176. The molecule has 1 unspecified atom stereocenters. The lowest BCUT2D eigenvalue weighted by atomic mass is 9.88. The standard InChI is InChI=1S/C22H28N4O5/c1-29-15-19(27)25-9-6-22(7-10-25)21-23-8-11-26(21)14-18(31-22)20(28)24-13-16-4-3-5-17(12-16)30-2/h3-5,8,11-12,18H,6-7,9-10,13-15H2,1-2H3,(H,24,28). The van der Waals surface area contributed by atoms with E-state index in [1.807, 2.05) is 35.0 Å². The molecule has 1 saturated heterocycles. The second-order valence-electron chi connectivity index (χ2n) is 7.89. The molecule has 2 aliphatic rings. The predicted octanol–water partition coefficient (Wildman–Crippen LogP) is 1.07. The molecule has 1 spiro atoms. The Bertz CT molecular complexity index is 935. The molecule has 31 heavy (non-hydrogen) atoms. The van der Waals surface area contributed by atoms with Crippen LogP contribution in [0.25, 0.3) is 0 Å². The van der Waals surface area contributed by atoms with E-state index >= 15 is 0 Å². The molecule has 0 saturated carbocycles. The maximum absolute atomic E-state index is 13.0. The van der Waals surface area contributed by atoms with Crippen molar-refractivity contribution < 1.29 is 23.8 Å². The van der Waals surface area contributed by atoms with Crippen molar-refractivity contribution in [2.45, 2.75) is 37.6 Å². The van der Waals surface area contributed by atoms with Crippen LogP contribution < -0.4 is 10.1 Å². The Hall–Kier alpha value is -2.91. The minimum Gasteiger partial charge on any atom is -0.497 e. The Morgan fingerprint density at radius 1 is 1.29 bits per heavy atom. The summed E-state index contributed by atoms with van der Waals surface area (Å²) in [7, 11) is 3.13. The zero-order valence-corrected chi connectivity index (χ0v) is 17.9. The van der Waals surface area contributed by atoms with Gasteiger partial charge in [-0.3, -0.25) is 9.59 Å². The SMILES string of the molecule is COCC(=O)N1CCC2(CC1)OC(C(=O)NCc1cccc(OC)c1)Cn1ccnc12. The monoisotopic (exact) mass is 428 g/mol. The normalized spacial score (nSPS) is 19.7. The quantitative estimate of drug-likeness (QED) is 0.740. The second kappa shape index (κ2) is 9.07. The van der Waals surface area contributed by atoms with E-state index in [-0.39, 0.29) is 18.4 Å². The summed E-state index contributed by atoms with van der Waals surface area (Å²) in [5.41, 5.74) is 0.273. The van der Waals surface area contributed by atoms with Gasteiger partial charge in [-0.25, -0.2) is 4.98 Å². The Labute approximate surface area is 181 Å². The third-order valence-electron chi connectivity index (χ3n) is 5.94. The maximum Gasteiger partial charge on any atom is 0.251 e. The molecule has 1 aromatic carbocycles. The summed E-state index contributed by atoms with van der Waals surface area (Å²) in [5.74, 6) is 1.36. The molecule has 4 rings (SSSR count). The second-order valence-corrected chi connectivity index (χ2v) is 7.89. The number of carbonyl (C=O) groups excluding carboxylic acids is 2. The largest absolute Gasteiger partial charge is 0.497 e. The molecule has 1 aromatic heterocycles. The third kappa shape index (κ3) is 4.42. The van der Waals surface area contributed by atoms with Gasteiger partial charge in [-0.15, -0.1) is 0 Å². The van der Waals surface area contributed by atoms with Gasteiger partial charge in [0.2, 0.25) is 5.91 Å². The Balaban J connectivity index is 1.44. The van der Waals surface area contributed by atoms with Crippen LogP contribution in [-0.2, 0) is 37.8 Å². The summed E-state index contributed by atoms with van der Waals surface area (Å²) in [4.78, 5) is 31.4. The first kappa shape index (κ1) is 21.3. The number of aromatic nitrogens is 2. The van der Waals surface area contributed by atoms with Crippen LogP contribution in [0.1, 0.15) is 24.2 Å². The van der Waals surface area contributed by atoms with Crippen LogP contribution in [0.4, 0.5) is 0 Å². The van der Waals surface area contributed by atoms with Gasteiger partial charge >= 0.3 is 0 Å². The van der Waals surface area contributed by atoms with Crippen molar-refractivity contribution in [3.63, 3.8) is 0 Å². The number of amides is 2. The minimum absolute atomic E-state index is 0.0379. The van der Waals surface area contributed by atoms with Crippen LogP contribution in [0, 0.1) is 0 Å². The van der Waals surface area contributed by atoms with E-state index in [4.69, 9.17) is 14.2 Å². The molecule has 1 fully saturated rings. The first-order valence-electron chi connectivity index (χ1n) is 10.4. The Morgan fingerprint density at radius 2 is 2.10 bits per heavy atom. The van der Waals surface area contributed by atoms with Crippen molar-refractivity contribution in [2.75, 3.05) is 33.9 Å². The molecule has 2 amide bonds. The number of benzene rings is 1. The highest BCUT2D eigenvalue weighted by molar-refractivity contribution is 5.81. The summed E-state index contributed by atoms with van der Waals surface area (Å²) >= 11 is 0. The van der Waals surface area contributed by atoms with Crippen LogP contribution in [0.2, 0.25) is 0 Å².